The van der Waals surface area contributed by atoms with Gasteiger partial charge in [-0.25, -0.2) is 4.79 Å². The molecule has 0 saturated carbocycles. The highest BCUT2D eigenvalue weighted by Gasteiger charge is 2.31. The lowest BCUT2D eigenvalue weighted by molar-refractivity contribution is 0.0960. The number of anilines is 1. The van der Waals surface area contributed by atoms with Crippen LogP contribution in [0.1, 0.15) is 97.5 Å². The van der Waals surface area contributed by atoms with E-state index in [9.17, 15) is 9.59 Å². The van der Waals surface area contributed by atoms with Crippen LogP contribution in [0.15, 0.2) is 54.7 Å². The minimum atomic E-state index is -0.381. The maximum Gasteiger partial charge on any atom is 0.319 e. The lowest BCUT2D eigenvalue weighted by Crippen LogP contribution is -2.36. The van der Waals surface area contributed by atoms with Gasteiger partial charge in [0.05, 0.1) is 36.6 Å². The van der Waals surface area contributed by atoms with Crippen molar-refractivity contribution in [3.63, 3.8) is 0 Å². The van der Waals surface area contributed by atoms with Gasteiger partial charge in [-0.15, -0.1) is 10.2 Å². The first-order chi connectivity index (χ1) is 22.1. The van der Waals surface area contributed by atoms with E-state index in [1.54, 1.807) is 7.05 Å². The van der Waals surface area contributed by atoms with E-state index in [1.165, 1.54) is 7.11 Å². The van der Waals surface area contributed by atoms with Crippen molar-refractivity contribution < 1.29 is 19.1 Å². The Morgan fingerprint density at radius 2 is 1.78 bits per heavy atom. The number of urea groups is 1. The predicted octanol–water partition coefficient (Wildman–Crippen LogP) is 5.94. The third kappa shape index (κ3) is 6.11. The van der Waals surface area contributed by atoms with Gasteiger partial charge in [-0.3, -0.25) is 14.1 Å². The number of likely N-dealkylation sites (tertiary alicyclic amines) is 1. The summed E-state index contributed by atoms with van der Waals surface area (Å²) in [5.74, 6) is 1.71. The van der Waals surface area contributed by atoms with Gasteiger partial charge in [-0.2, -0.15) is 0 Å². The molecule has 0 bridgehead atoms. The summed E-state index contributed by atoms with van der Waals surface area (Å²) in [6.07, 6.45) is 5.41. The van der Waals surface area contributed by atoms with Crippen molar-refractivity contribution in [3.05, 3.63) is 82.8 Å². The zero-order chi connectivity index (χ0) is 32.6. The SMILES string of the molecule is CNC(=O)c1cc(C(C)(C)C)cc(NC(=O)N[C@H]2CC[C@@H](Oc3ccc4nnc([C@@H]5CCCN5C)n4c3)c3ccccc32)c1OC. The van der Waals surface area contributed by atoms with E-state index in [1.807, 2.05) is 53.1 Å². The van der Waals surface area contributed by atoms with Gasteiger partial charge >= 0.3 is 6.03 Å². The number of aromatic nitrogens is 3. The molecule has 3 amide bonds. The molecule has 11 heteroatoms. The van der Waals surface area contributed by atoms with E-state index < -0.39 is 0 Å². The Morgan fingerprint density at radius 1 is 1.00 bits per heavy atom. The Hall–Kier alpha value is -4.64. The average molecular weight is 626 g/mol. The summed E-state index contributed by atoms with van der Waals surface area (Å²) in [7, 11) is 5.20. The lowest BCUT2D eigenvalue weighted by Gasteiger charge is -2.32. The van der Waals surface area contributed by atoms with Crippen LogP contribution in [0.4, 0.5) is 10.5 Å². The molecule has 4 aromatic rings. The Labute approximate surface area is 269 Å². The van der Waals surface area contributed by atoms with E-state index in [-0.39, 0.29) is 35.5 Å². The molecule has 2 aromatic carbocycles. The average Bonchev–Trinajstić information content (AvgIpc) is 3.66. The van der Waals surface area contributed by atoms with Crippen molar-refractivity contribution in [1.29, 1.82) is 0 Å². The molecule has 2 aromatic heterocycles. The van der Waals surface area contributed by atoms with Gasteiger partial charge in [0.15, 0.2) is 17.2 Å². The number of benzene rings is 2. The van der Waals surface area contributed by atoms with E-state index in [4.69, 9.17) is 9.47 Å². The van der Waals surface area contributed by atoms with Gasteiger partial charge < -0.3 is 25.4 Å². The molecule has 3 N–H and O–H groups in total. The Bertz CT molecular complexity index is 1760. The van der Waals surface area contributed by atoms with Crippen molar-refractivity contribution in [2.45, 2.75) is 70.1 Å². The van der Waals surface area contributed by atoms with Crippen molar-refractivity contribution in [1.82, 2.24) is 30.1 Å². The zero-order valence-electron chi connectivity index (χ0n) is 27.4. The van der Waals surface area contributed by atoms with Gasteiger partial charge in [0.25, 0.3) is 5.91 Å². The van der Waals surface area contributed by atoms with Crippen LogP contribution >= 0.6 is 0 Å². The molecule has 1 aliphatic heterocycles. The second-order valence-corrected chi connectivity index (χ2v) is 13.2. The molecule has 0 radical (unpaired) electrons. The highest BCUT2D eigenvalue weighted by atomic mass is 16.5. The highest BCUT2D eigenvalue weighted by molar-refractivity contribution is 6.01. The second kappa shape index (κ2) is 12.6. The fraction of sp³-hybridized carbons (Fsp3) is 0.429. The van der Waals surface area contributed by atoms with Gasteiger partial charge in [-0.05, 0) is 85.6 Å². The zero-order valence-corrected chi connectivity index (χ0v) is 27.4. The normalized spacial score (nSPS) is 19.8. The van der Waals surface area contributed by atoms with Gasteiger partial charge in [-0.1, -0.05) is 45.0 Å². The van der Waals surface area contributed by atoms with E-state index in [0.717, 1.165) is 53.3 Å². The first kappa shape index (κ1) is 31.3. The van der Waals surface area contributed by atoms with Crippen LogP contribution in [0.5, 0.6) is 11.5 Å². The van der Waals surface area contributed by atoms with Crippen molar-refractivity contribution in [3.8, 4) is 11.5 Å². The molecule has 2 aliphatic rings. The van der Waals surface area contributed by atoms with Crippen LogP contribution in [0, 0.1) is 0 Å². The molecule has 46 heavy (non-hydrogen) atoms. The topological polar surface area (TPSA) is 122 Å². The highest BCUT2D eigenvalue weighted by Crippen LogP contribution is 2.40. The Morgan fingerprint density at radius 3 is 2.48 bits per heavy atom. The third-order valence-electron chi connectivity index (χ3n) is 9.12. The number of nitrogens with one attached hydrogen (secondary N) is 3. The Kier molecular flexibility index (Phi) is 8.61. The number of methoxy groups -OCH3 is 1. The molecule has 0 unspecified atom stereocenters. The van der Waals surface area contributed by atoms with Gasteiger partial charge in [0.2, 0.25) is 0 Å². The summed E-state index contributed by atoms with van der Waals surface area (Å²) < 4.78 is 14.3. The molecule has 3 atom stereocenters. The summed E-state index contributed by atoms with van der Waals surface area (Å²) in [6.45, 7) is 7.22. The van der Waals surface area contributed by atoms with Crippen LogP contribution < -0.4 is 25.4 Å². The largest absolute Gasteiger partial charge is 0.494 e. The summed E-state index contributed by atoms with van der Waals surface area (Å²) in [5, 5.41) is 17.7. The first-order valence-electron chi connectivity index (χ1n) is 15.9. The number of nitrogens with zero attached hydrogens (tertiary/aromatic N) is 4. The minimum absolute atomic E-state index is 0.178. The lowest BCUT2D eigenvalue weighted by atomic mass is 9.85. The molecule has 1 saturated heterocycles. The van der Waals surface area contributed by atoms with E-state index >= 15 is 0 Å². The molecule has 11 nitrogen and oxygen atoms in total. The summed E-state index contributed by atoms with van der Waals surface area (Å²) in [5.41, 5.74) is 4.28. The maximum atomic E-state index is 13.5. The van der Waals surface area contributed by atoms with Crippen molar-refractivity contribution in [2.75, 3.05) is 33.1 Å². The van der Waals surface area contributed by atoms with E-state index in [0.29, 0.717) is 29.8 Å². The first-order valence-corrected chi connectivity index (χ1v) is 15.9. The number of hydrogen-bond donors (Lipinski definition) is 3. The fourth-order valence-electron chi connectivity index (χ4n) is 6.60. The quantitative estimate of drug-likeness (QED) is 0.232. The monoisotopic (exact) mass is 625 g/mol. The number of fused-ring (bicyclic) bond motifs is 2. The van der Waals surface area contributed by atoms with Gasteiger partial charge in [0.1, 0.15) is 11.9 Å². The summed E-state index contributed by atoms with van der Waals surface area (Å²) in [6, 6.07) is 15.3. The summed E-state index contributed by atoms with van der Waals surface area (Å²) in [4.78, 5) is 28.5. The predicted molar refractivity (Wildman–Crippen MR) is 177 cm³/mol. The minimum Gasteiger partial charge on any atom is -0.494 e. The number of amides is 3. The van der Waals surface area contributed by atoms with Crippen LogP contribution in [-0.4, -0.2) is 59.2 Å². The van der Waals surface area contributed by atoms with Crippen LogP contribution in [0.25, 0.3) is 5.65 Å². The molecule has 3 heterocycles. The molecular formula is C35H43N7O4. The van der Waals surface area contributed by atoms with Crippen LogP contribution in [0.3, 0.4) is 0 Å². The number of carbonyl (C=O) groups is 2. The number of pyridine rings is 1. The third-order valence-corrected chi connectivity index (χ3v) is 9.12. The number of hydrogen-bond acceptors (Lipinski definition) is 7. The Balaban J connectivity index is 1.21. The standard InChI is InChI=1S/C35H43N7O4/c1-35(2,3)21-18-25(33(43)36-4)31(45-6)27(19-21)38-34(44)37-26-14-15-29(24-11-8-7-10-23(24)26)46-22-13-16-30-39-40-32(42(30)20-22)28-12-9-17-41(28)5/h7-8,10-11,13,16,18-20,26,28-29H,9,12,14-15,17H2,1-6H3,(H,36,43)(H2,37,38,44)/t26-,28-,29+/m0/s1. The summed E-state index contributed by atoms with van der Waals surface area (Å²) >= 11 is 0. The smallest absolute Gasteiger partial charge is 0.319 e. The molecule has 1 fully saturated rings. The van der Waals surface area contributed by atoms with E-state index in [2.05, 4.69) is 64.9 Å². The van der Waals surface area contributed by atoms with Crippen LogP contribution in [-0.2, 0) is 5.41 Å². The molecule has 6 rings (SSSR count). The molecule has 1 aliphatic carbocycles. The molecular weight excluding hydrogens is 582 g/mol. The van der Waals surface area contributed by atoms with Crippen molar-refractivity contribution >= 4 is 23.3 Å². The number of rotatable bonds is 7. The van der Waals surface area contributed by atoms with Gasteiger partial charge in [0, 0.05) is 7.05 Å². The number of ether oxygens (including phenoxy) is 2. The molecule has 242 valence electrons. The maximum absolute atomic E-state index is 13.5. The van der Waals surface area contributed by atoms with Crippen molar-refractivity contribution in [2.24, 2.45) is 0 Å². The molecule has 0 spiro atoms. The van der Waals surface area contributed by atoms with Crippen LogP contribution in [0.2, 0.25) is 0 Å². The second-order valence-electron chi connectivity index (χ2n) is 13.2. The fourth-order valence-corrected chi connectivity index (χ4v) is 6.60. The number of carbonyl (C=O) groups excluding carboxylic acids is 2.